The number of ether oxygens (including phenoxy) is 1. The molecule has 0 radical (unpaired) electrons. The number of rotatable bonds is 7. The van der Waals surface area contributed by atoms with E-state index in [0.717, 1.165) is 0 Å². The Bertz CT molecular complexity index is 354. The highest BCUT2D eigenvalue weighted by molar-refractivity contribution is 7.85. The average molecular weight is 306 g/mol. The maximum Gasteiger partial charge on any atom is 0.326 e. The summed E-state index contributed by atoms with van der Waals surface area (Å²) in [6, 6.07) is -1.42. The third-order valence-electron chi connectivity index (χ3n) is 3.17. The van der Waals surface area contributed by atoms with Crippen LogP contribution in [0.3, 0.4) is 0 Å². The highest BCUT2D eigenvalue weighted by Crippen LogP contribution is 2.09. The Morgan fingerprint density at radius 3 is 2.60 bits per heavy atom. The summed E-state index contributed by atoms with van der Waals surface area (Å²) in [5.41, 5.74) is 0. The average Bonchev–Trinajstić information content (AvgIpc) is 2.40. The highest BCUT2D eigenvalue weighted by atomic mass is 32.2. The van der Waals surface area contributed by atoms with Gasteiger partial charge in [0.2, 0.25) is 0 Å². The van der Waals surface area contributed by atoms with Gasteiger partial charge in [-0.25, -0.2) is 9.59 Å². The second kappa shape index (κ2) is 8.91. The van der Waals surface area contributed by atoms with E-state index in [9.17, 15) is 13.8 Å². The molecule has 7 nitrogen and oxygen atoms in total. The Hall–Kier alpha value is -1.15. The first-order chi connectivity index (χ1) is 9.52. The molecule has 0 saturated carbocycles. The second-order valence-electron chi connectivity index (χ2n) is 4.77. The summed E-state index contributed by atoms with van der Waals surface area (Å²) in [7, 11) is 0.766. The van der Waals surface area contributed by atoms with Crippen molar-refractivity contribution in [2.45, 2.75) is 37.8 Å². The molecule has 1 saturated heterocycles. The molecule has 2 amide bonds. The van der Waals surface area contributed by atoms with Gasteiger partial charge in [0.05, 0.1) is 0 Å². The largest absolute Gasteiger partial charge is 0.480 e. The normalized spacial score (nSPS) is 23.9. The molecular formula is C12H22N2O5S. The first-order valence-electron chi connectivity index (χ1n) is 6.66. The zero-order valence-electron chi connectivity index (χ0n) is 11.6. The number of carbonyl (C=O) groups excluding carboxylic acids is 1. The molecule has 8 heteroatoms. The lowest BCUT2D eigenvalue weighted by atomic mass is 10.1. The van der Waals surface area contributed by atoms with Gasteiger partial charge in [-0.1, -0.05) is 0 Å². The smallest absolute Gasteiger partial charge is 0.326 e. The van der Waals surface area contributed by atoms with Crippen molar-refractivity contribution >= 4 is 22.8 Å². The van der Waals surface area contributed by atoms with Gasteiger partial charge < -0.3 is 20.5 Å². The van der Waals surface area contributed by atoms with Crippen LogP contribution in [-0.4, -0.2) is 58.6 Å². The van der Waals surface area contributed by atoms with Gasteiger partial charge in [-0.15, -0.1) is 0 Å². The summed E-state index contributed by atoms with van der Waals surface area (Å²) in [6.45, 7) is 0.460. The van der Waals surface area contributed by atoms with Gasteiger partial charge in [-0.3, -0.25) is 4.21 Å². The van der Waals surface area contributed by atoms with Crippen molar-refractivity contribution in [3.05, 3.63) is 0 Å². The van der Waals surface area contributed by atoms with Gasteiger partial charge in [-0.2, -0.15) is 0 Å². The van der Waals surface area contributed by atoms with Gasteiger partial charge >= 0.3 is 12.0 Å². The summed E-state index contributed by atoms with van der Waals surface area (Å²) in [6.07, 6.45) is 2.23. The van der Waals surface area contributed by atoms with E-state index >= 15 is 0 Å². The van der Waals surface area contributed by atoms with Gasteiger partial charge in [-0.05, 0) is 25.7 Å². The Morgan fingerprint density at radius 1 is 1.40 bits per heavy atom. The van der Waals surface area contributed by atoms with Crippen LogP contribution in [0.1, 0.15) is 25.7 Å². The molecule has 3 N–H and O–H groups in total. The molecular weight excluding hydrogens is 284 g/mol. The molecule has 1 aliphatic rings. The fourth-order valence-electron chi connectivity index (χ4n) is 2.01. The minimum absolute atomic E-state index is 0.0267. The van der Waals surface area contributed by atoms with E-state index in [-0.39, 0.29) is 6.04 Å². The van der Waals surface area contributed by atoms with E-state index in [1.165, 1.54) is 0 Å². The minimum Gasteiger partial charge on any atom is -0.480 e. The van der Waals surface area contributed by atoms with Gasteiger partial charge in [0.15, 0.2) is 0 Å². The summed E-state index contributed by atoms with van der Waals surface area (Å²) in [5.74, 6) is 0.114. The maximum absolute atomic E-state index is 11.7. The Labute approximate surface area is 120 Å². The minimum atomic E-state index is -1.05. The monoisotopic (exact) mass is 306 g/mol. The van der Waals surface area contributed by atoms with E-state index in [4.69, 9.17) is 9.84 Å². The molecule has 1 rings (SSSR count). The van der Waals surface area contributed by atoms with Crippen LogP contribution in [0, 0.1) is 0 Å². The lowest BCUT2D eigenvalue weighted by Crippen LogP contribution is -2.50. The second-order valence-corrected chi connectivity index (χ2v) is 6.46. The van der Waals surface area contributed by atoms with E-state index in [1.807, 2.05) is 0 Å². The van der Waals surface area contributed by atoms with E-state index in [2.05, 4.69) is 10.6 Å². The Kier molecular flexibility index (Phi) is 7.53. The standard InChI is InChI=1S/C12H22N2O5S/c1-19-6-2-3-10(11(15)16)14-12(17)13-9-4-7-20(18)8-5-9/h9-10H,2-8H2,1H3,(H,15,16)(H2,13,14,17). The number of amides is 2. The molecule has 116 valence electrons. The number of hydrogen-bond acceptors (Lipinski definition) is 4. The summed E-state index contributed by atoms with van der Waals surface area (Å²) >= 11 is 0. The fraction of sp³-hybridized carbons (Fsp3) is 0.833. The fourth-order valence-corrected chi connectivity index (χ4v) is 3.31. The van der Waals surface area contributed by atoms with Crippen LogP contribution in [0.15, 0.2) is 0 Å². The summed E-state index contributed by atoms with van der Waals surface area (Å²) in [5, 5.41) is 14.2. The number of methoxy groups -OCH3 is 1. The Balaban J connectivity index is 2.33. The van der Waals surface area contributed by atoms with E-state index in [1.54, 1.807) is 7.11 Å². The molecule has 0 aromatic heterocycles. The van der Waals surface area contributed by atoms with Crippen molar-refractivity contribution < 1.29 is 23.6 Å². The predicted molar refractivity (Wildman–Crippen MR) is 75.1 cm³/mol. The number of urea groups is 1. The zero-order chi connectivity index (χ0) is 15.0. The van der Waals surface area contributed by atoms with Crippen LogP contribution in [0.5, 0.6) is 0 Å². The van der Waals surface area contributed by atoms with Crippen molar-refractivity contribution in [3.8, 4) is 0 Å². The molecule has 1 heterocycles. The van der Waals surface area contributed by atoms with Crippen LogP contribution in [0.4, 0.5) is 4.79 Å². The van der Waals surface area contributed by atoms with E-state index in [0.29, 0.717) is 43.8 Å². The molecule has 0 aromatic carbocycles. The number of carboxylic acid groups (broad SMARTS) is 1. The molecule has 1 fully saturated rings. The molecule has 1 aliphatic heterocycles. The highest BCUT2D eigenvalue weighted by Gasteiger charge is 2.23. The number of aliphatic carboxylic acids is 1. The van der Waals surface area contributed by atoms with Crippen LogP contribution in [0.25, 0.3) is 0 Å². The van der Waals surface area contributed by atoms with Crippen LogP contribution < -0.4 is 10.6 Å². The van der Waals surface area contributed by atoms with Gasteiger partial charge in [0, 0.05) is 42.1 Å². The number of hydrogen-bond donors (Lipinski definition) is 3. The van der Waals surface area contributed by atoms with Crippen molar-refractivity contribution in [3.63, 3.8) is 0 Å². The zero-order valence-corrected chi connectivity index (χ0v) is 12.4. The number of carboxylic acids is 1. The molecule has 1 unspecified atom stereocenters. The third-order valence-corrected chi connectivity index (χ3v) is 4.55. The maximum atomic E-state index is 11.7. The van der Waals surface area contributed by atoms with Crippen molar-refractivity contribution in [1.82, 2.24) is 10.6 Å². The first-order valence-corrected chi connectivity index (χ1v) is 8.15. The number of nitrogens with one attached hydrogen (secondary N) is 2. The van der Waals surface area contributed by atoms with Gasteiger partial charge in [0.25, 0.3) is 0 Å². The van der Waals surface area contributed by atoms with Crippen molar-refractivity contribution in [2.75, 3.05) is 25.2 Å². The predicted octanol–water partition coefficient (Wildman–Crippen LogP) is 0.0765. The topological polar surface area (TPSA) is 105 Å². The van der Waals surface area contributed by atoms with Gasteiger partial charge in [0.1, 0.15) is 6.04 Å². The first kappa shape index (κ1) is 16.9. The summed E-state index contributed by atoms with van der Waals surface area (Å²) < 4.78 is 16.1. The molecule has 0 aliphatic carbocycles. The third kappa shape index (κ3) is 6.33. The van der Waals surface area contributed by atoms with E-state index < -0.39 is 28.8 Å². The lowest BCUT2D eigenvalue weighted by Gasteiger charge is -2.23. The molecule has 0 aromatic rings. The van der Waals surface area contributed by atoms with Crippen LogP contribution >= 0.6 is 0 Å². The van der Waals surface area contributed by atoms with Crippen LogP contribution in [0.2, 0.25) is 0 Å². The van der Waals surface area contributed by atoms with Crippen molar-refractivity contribution in [2.24, 2.45) is 0 Å². The quantitative estimate of drug-likeness (QED) is 0.578. The molecule has 20 heavy (non-hydrogen) atoms. The summed E-state index contributed by atoms with van der Waals surface area (Å²) in [4.78, 5) is 22.8. The van der Waals surface area contributed by atoms with Crippen LogP contribution in [-0.2, 0) is 20.3 Å². The molecule has 1 atom stereocenters. The SMILES string of the molecule is COCCCC(NC(=O)NC1CCS(=O)CC1)C(=O)O. The lowest BCUT2D eigenvalue weighted by molar-refractivity contribution is -0.139. The number of carbonyl (C=O) groups is 2. The molecule has 0 spiro atoms. The van der Waals surface area contributed by atoms with Crippen molar-refractivity contribution in [1.29, 1.82) is 0 Å². The Morgan fingerprint density at radius 2 is 2.05 bits per heavy atom. The molecule has 0 bridgehead atoms.